The summed E-state index contributed by atoms with van der Waals surface area (Å²) in [4.78, 5) is 0. The lowest BCUT2D eigenvalue weighted by atomic mass is 9.85. The van der Waals surface area contributed by atoms with Crippen LogP contribution in [0, 0.1) is 0 Å². The lowest BCUT2D eigenvalue weighted by Gasteiger charge is -2.18. The van der Waals surface area contributed by atoms with Gasteiger partial charge >= 0.3 is 0 Å². The number of furan rings is 2. The Hall–Kier alpha value is -5.34. The molecule has 0 fully saturated rings. The molecule has 0 radical (unpaired) electrons. The molecule has 0 aliphatic carbocycles. The Morgan fingerprint density at radius 3 is 1.90 bits per heavy atom. The number of hydrogen-bond donors (Lipinski definition) is 0. The number of fused-ring (bicyclic) bond motifs is 8. The first-order valence-electron chi connectivity index (χ1n) is 19.9. The van der Waals surface area contributed by atoms with Gasteiger partial charge in [-0.15, -0.1) is 0 Å². The standard InChI is InChI=1S/C38H22O2/c1-2-8-25-21-26(14-13-23(25)7-1)35-28-9-3-5-11-30(28)36(31-12-6-4-10-29(31)35)27-16-18-34-33(22-27)32-17-15-24-19-20-39-37(24)38(32)40-34/h1-22H/i1D,2D,3D,4D,5D,6D,7D,8D,9D,10D,11D,12D,13D,14D,21D. The van der Waals surface area contributed by atoms with Gasteiger partial charge in [-0.1, -0.05) is 96.7 Å². The summed E-state index contributed by atoms with van der Waals surface area (Å²) in [7, 11) is 0. The summed E-state index contributed by atoms with van der Waals surface area (Å²) in [5, 5.41) is 0.164. The number of rotatable bonds is 2. The molecule has 186 valence electrons. The van der Waals surface area contributed by atoms with Crippen molar-refractivity contribution >= 4 is 65.2 Å². The highest BCUT2D eigenvalue weighted by molar-refractivity contribution is 6.23. The first kappa shape index (κ1) is 11.8. The minimum absolute atomic E-state index is 0.00920. The third-order valence-electron chi connectivity index (χ3n) is 7.22. The monoisotopic (exact) mass is 525 g/mol. The van der Waals surface area contributed by atoms with E-state index >= 15 is 0 Å². The number of hydrogen-bond acceptors (Lipinski definition) is 2. The van der Waals surface area contributed by atoms with Crippen molar-refractivity contribution < 1.29 is 29.4 Å². The summed E-state index contributed by atoms with van der Waals surface area (Å²) in [5.74, 6) is 0. The fraction of sp³-hybridized carbons (Fsp3) is 0. The predicted molar refractivity (Wildman–Crippen MR) is 167 cm³/mol. The van der Waals surface area contributed by atoms with Crippen molar-refractivity contribution in [3.05, 3.63) is 133 Å². The van der Waals surface area contributed by atoms with Gasteiger partial charge in [0.15, 0.2) is 11.2 Å². The first-order chi connectivity index (χ1) is 26.1. The van der Waals surface area contributed by atoms with E-state index in [1.54, 1.807) is 24.3 Å². The van der Waals surface area contributed by atoms with Crippen LogP contribution < -0.4 is 0 Å². The van der Waals surface area contributed by atoms with Crippen molar-refractivity contribution in [2.24, 2.45) is 0 Å². The lowest BCUT2D eigenvalue weighted by molar-refractivity contribution is 0.600. The lowest BCUT2D eigenvalue weighted by Crippen LogP contribution is -1.91. The SMILES string of the molecule is [2H]c1c([2H])c([2H])c2c([2H])c(-c3c4c([2H])c([2H])c([2H])c([2H])c4c(-c4ccc5oc6c(ccc7ccoc76)c5c4)c4c([2H])c([2H])c([2H])c([2H])c34)c([2H])c([2H])c2c1[2H]. The van der Waals surface area contributed by atoms with Crippen molar-refractivity contribution in [2.75, 3.05) is 0 Å². The van der Waals surface area contributed by atoms with Gasteiger partial charge in [0.05, 0.1) is 26.8 Å². The van der Waals surface area contributed by atoms with Gasteiger partial charge < -0.3 is 8.83 Å². The van der Waals surface area contributed by atoms with Gasteiger partial charge in [-0.05, 0) is 84.9 Å². The molecule has 0 atom stereocenters. The highest BCUT2D eigenvalue weighted by Crippen LogP contribution is 2.45. The average molecular weight is 526 g/mol. The van der Waals surface area contributed by atoms with Crippen molar-refractivity contribution in [2.45, 2.75) is 0 Å². The molecule has 0 N–H and O–H groups in total. The fourth-order valence-electron chi connectivity index (χ4n) is 5.48. The van der Waals surface area contributed by atoms with E-state index in [-0.39, 0.29) is 38.2 Å². The first-order valence-corrected chi connectivity index (χ1v) is 12.4. The van der Waals surface area contributed by atoms with Crippen molar-refractivity contribution in [1.29, 1.82) is 0 Å². The van der Waals surface area contributed by atoms with E-state index in [4.69, 9.17) is 21.2 Å². The molecule has 0 unspecified atom stereocenters. The maximum atomic E-state index is 9.37. The van der Waals surface area contributed by atoms with E-state index in [1.807, 2.05) is 12.1 Å². The Morgan fingerprint density at radius 2 is 1.15 bits per heavy atom. The molecular weight excluding hydrogens is 488 g/mol. The Balaban J connectivity index is 1.56. The summed E-state index contributed by atoms with van der Waals surface area (Å²) in [6, 6.07) is 0.294. The maximum absolute atomic E-state index is 9.37. The van der Waals surface area contributed by atoms with Gasteiger partial charge in [-0.2, -0.15) is 0 Å². The molecule has 0 amide bonds. The van der Waals surface area contributed by atoms with Crippen molar-refractivity contribution in [3.63, 3.8) is 0 Å². The normalized spacial score (nSPS) is 17.2. The molecule has 0 saturated carbocycles. The molecule has 2 heteroatoms. The van der Waals surface area contributed by atoms with Gasteiger partial charge in [0, 0.05) is 16.2 Å². The quantitative estimate of drug-likeness (QED) is 0.210. The van der Waals surface area contributed by atoms with E-state index in [2.05, 4.69) is 0 Å². The highest BCUT2D eigenvalue weighted by atomic mass is 16.4. The minimum atomic E-state index is -0.742. The van der Waals surface area contributed by atoms with Gasteiger partial charge in [0.25, 0.3) is 0 Å². The molecule has 9 aromatic rings. The van der Waals surface area contributed by atoms with Crippen LogP contribution in [0.25, 0.3) is 87.5 Å². The van der Waals surface area contributed by atoms with Crippen LogP contribution in [0.3, 0.4) is 0 Å². The molecule has 2 aromatic heterocycles. The van der Waals surface area contributed by atoms with E-state index < -0.39 is 107 Å². The molecule has 0 aliphatic heterocycles. The summed E-state index contributed by atoms with van der Waals surface area (Å²) < 4.78 is 145. The van der Waals surface area contributed by atoms with Crippen molar-refractivity contribution in [3.8, 4) is 22.3 Å². The fourth-order valence-corrected chi connectivity index (χ4v) is 5.48. The zero-order chi connectivity index (χ0) is 39.3. The van der Waals surface area contributed by atoms with Crippen LogP contribution in [-0.2, 0) is 0 Å². The zero-order valence-corrected chi connectivity index (χ0v) is 20.4. The molecule has 40 heavy (non-hydrogen) atoms. The molecule has 2 heterocycles. The van der Waals surface area contributed by atoms with Crippen LogP contribution in [0.4, 0.5) is 0 Å². The molecule has 9 rings (SSSR count). The Morgan fingerprint density at radius 1 is 0.475 bits per heavy atom. The van der Waals surface area contributed by atoms with E-state index in [9.17, 15) is 8.22 Å². The topological polar surface area (TPSA) is 26.3 Å². The second-order valence-electron chi connectivity index (χ2n) is 9.34. The Bertz CT molecular complexity index is 3190. The van der Waals surface area contributed by atoms with Gasteiger partial charge in [0.1, 0.15) is 5.58 Å². The summed E-state index contributed by atoms with van der Waals surface area (Å²) in [6.07, 6.45) is 1.53. The molecular formula is C38H22O2. The zero-order valence-electron chi connectivity index (χ0n) is 35.4. The summed E-state index contributed by atoms with van der Waals surface area (Å²) in [5.41, 5.74) is 0.823. The van der Waals surface area contributed by atoms with Gasteiger partial charge in [-0.25, -0.2) is 0 Å². The van der Waals surface area contributed by atoms with Crippen LogP contribution in [0.1, 0.15) is 20.6 Å². The third kappa shape index (κ3) is 2.99. The van der Waals surface area contributed by atoms with Crippen LogP contribution >= 0.6 is 0 Å². The van der Waals surface area contributed by atoms with E-state index in [0.29, 0.717) is 27.5 Å². The molecule has 0 bridgehead atoms. The summed E-state index contributed by atoms with van der Waals surface area (Å²) >= 11 is 0. The number of benzene rings is 7. The Labute approximate surface area is 250 Å². The molecule has 0 saturated heterocycles. The second kappa shape index (κ2) is 8.08. The van der Waals surface area contributed by atoms with Crippen LogP contribution in [0.2, 0.25) is 0 Å². The van der Waals surface area contributed by atoms with Crippen molar-refractivity contribution in [1.82, 2.24) is 0 Å². The van der Waals surface area contributed by atoms with E-state index in [0.717, 1.165) is 5.39 Å². The molecule has 0 aliphatic rings. The highest BCUT2D eigenvalue weighted by Gasteiger charge is 2.18. The smallest absolute Gasteiger partial charge is 0.178 e. The molecule has 7 aromatic carbocycles. The third-order valence-corrected chi connectivity index (χ3v) is 7.22. The van der Waals surface area contributed by atoms with Gasteiger partial charge in [-0.3, -0.25) is 0 Å². The minimum Gasteiger partial charge on any atom is -0.460 e. The van der Waals surface area contributed by atoms with Crippen LogP contribution in [0.5, 0.6) is 0 Å². The molecule has 0 spiro atoms. The average Bonchev–Trinajstić information content (AvgIpc) is 3.81. The maximum Gasteiger partial charge on any atom is 0.178 e. The molecule has 2 nitrogen and oxygen atoms in total. The van der Waals surface area contributed by atoms with Crippen LogP contribution in [0.15, 0.2) is 142 Å². The second-order valence-corrected chi connectivity index (χ2v) is 9.34. The summed E-state index contributed by atoms with van der Waals surface area (Å²) in [6.45, 7) is 0. The Kier molecular flexibility index (Phi) is 2.39. The van der Waals surface area contributed by atoms with E-state index in [1.165, 1.54) is 6.26 Å². The largest absolute Gasteiger partial charge is 0.460 e. The predicted octanol–water partition coefficient (Wildman–Crippen LogP) is 11.1. The van der Waals surface area contributed by atoms with Gasteiger partial charge in [0.2, 0.25) is 0 Å². The van der Waals surface area contributed by atoms with Crippen LogP contribution in [-0.4, -0.2) is 0 Å².